The highest BCUT2D eigenvalue weighted by Crippen LogP contribution is 2.32. The van der Waals surface area contributed by atoms with E-state index in [-0.39, 0.29) is 16.5 Å². The van der Waals surface area contributed by atoms with E-state index in [1.807, 2.05) is 0 Å². The highest BCUT2D eigenvalue weighted by atomic mass is 19.4. The van der Waals surface area contributed by atoms with E-state index >= 15 is 0 Å². The SMILES string of the molecule is COC(=O)C(=O)c1c[nH]c2cc(C(F)(F)F)ccc12. The van der Waals surface area contributed by atoms with Gasteiger partial charge in [0.25, 0.3) is 5.78 Å². The van der Waals surface area contributed by atoms with Crippen molar-refractivity contribution < 1.29 is 27.5 Å². The Labute approximate surface area is 105 Å². The number of carbonyl (C=O) groups excluding carboxylic acids is 2. The molecule has 0 fully saturated rings. The van der Waals surface area contributed by atoms with Crippen LogP contribution in [0.1, 0.15) is 15.9 Å². The first kappa shape index (κ1) is 13.1. The molecule has 1 aromatic carbocycles. The Bertz CT molecular complexity index is 658. The van der Waals surface area contributed by atoms with Crippen molar-refractivity contribution in [3.05, 3.63) is 35.5 Å². The van der Waals surface area contributed by atoms with E-state index in [1.165, 1.54) is 6.20 Å². The van der Waals surface area contributed by atoms with Crippen molar-refractivity contribution in [1.82, 2.24) is 4.98 Å². The van der Waals surface area contributed by atoms with Crippen LogP contribution in [0.2, 0.25) is 0 Å². The number of alkyl halides is 3. The number of rotatable bonds is 2. The van der Waals surface area contributed by atoms with E-state index in [1.54, 1.807) is 0 Å². The van der Waals surface area contributed by atoms with Gasteiger partial charge in [0.15, 0.2) is 0 Å². The number of halogens is 3. The normalized spacial score (nSPS) is 11.6. The summed E-state index contributed by atoms with van der Waals surface area (Å²) in [5.74, 6) is -1.98. The minimum absolute atomic E-state index is 0.0180. The monoisotopic (exact) mass is 271 g/mol. The number of hydrogen-bond donors (Lipinski definition) is 1. The summed E-state index contributed by atoms with van der Waals surface area (Å²) >= 11 is 0. The summed E-state index contributed by atoms with van der Waals surface area (Å²) in [6.07, 6.45) is -3.28. The number of nitrogens with one attached hydrogen (secondary N) is 1. The Kier molecular flexibility index (Phi) is 3.05. The maximum absolute atomic E-state index is 12.5. The van der Waals surface area contributed by atoms with Crippen molar-refractivity contribution in [2.45, 2.75) is 6.18 Å². The summed E-state index contributed by atoms with van der Waals surface area (Å²) < 4.78 is 41.8. The van der Waals surface area contributed by atoms with Crippen LogP contribution < -0.4 is 0 Å². The molecule has 0 unspecified atom stereocenters. The van der Waals surface area contributed by atoms with Gasteiger partial charge in [0, 0.05) is 17.1 Å². The molecule has 0 amide bonds. The lowest BCUT2D eigenvalue weighted by Gasteiger charge is -2.06. The number of methoxy groups -OCH3 is 1. The molecule has 0 aliphatic carbocycles. The maximum Gasteiger partial charge on any atom is 0.416 e. The molecule has 19 heavy (non-hydrogen) atoms. The van der Waals surface area contributed by atoms with Crippen LogP contribution in [0.25, 0.3) is 10.9 Å². The molecular weight excluding hydrogens is 263 g/mol. The van der Waals surface area contributed by atoms with Gasteiger partial charge >= 0.3 is 12.1 Å². The summed E-state index contributed by atoms with van der Waals surface area (Å²) in [6.45, 7) is 0. The summed E-state index contributed by atoms with van der Waals surface area (Å²) in [4.78, 5) is 25.3. The van der Waals surface area contributed by atoms with Crippen molar-refractivity contribution in [3.63, 3.8) is 0 Å². The molecule has 4 nitrogen and oxygen atoms in total. The standard InChI is InChI=1S/C12H8F3NO3/c1-19-11(18)10(17)8-5-16-9-4-6(12(13,14)15)2-3-7(8)9/h2-5,16H,1H3. The van der Waals surface area contributed by atoms with Gasteiger partial charge in [-0.15, -0.1) is 0 Å². The predicted molar refractivity (Wildman–Crippen MR) is 59.6 cm³/mol. The third-order valence-electron chi connectivity index (χ3n) is 2.62. The Morgan fingerprint density at radius 2 is 1.95 bits per heavy atom. The molecule has 1 heterocycles. The van der Waals surface area contributed by atoms with E-state index in [0.29, 0.717) is 0 Å². The molecule has 2 aromatic rings. The summed E-state index contributed by atoms with van der Waals surface area (Å²) in [5.41, 5.74) is -0.725. The van der Waals surface area contributed by atoms with Crippen molar-refractivity contribution in [1.29, 1.82) is 0 Å². The molecule has 7 heteroatoms. The lowest BCUT2D eigenvalue weighted by molar-refractivity contribution is -0.137. The van der Waals surface area contributed by atoms with Crippen LogP contribution in [0.3, 0.4) is 0 Å². The minimum Gasteiger partial charge on any atom is -0.463 e. The first-order valence-electron chi connectivity index (χ1n) is 5.15. The zero-order chi connectivity index (χ0) is 14.2. The second-order valence-electron chi connectivity index (χ2n) is 3.78. The molecule has 0 bridgehead atoms. The van der Waals surface area contributed by atoms with Gasteiger partial charge in [-0.3, -0.25) is 4.79 Å². The lowest BCUT2D eigenvalue weighted by atomic mass is 10.1. The molecule has 0 saturated carbocycles. The number of fused-ring (bicyclic) bond motifs is 1. The largest absolute Gasteiger partial charge is 0.463 e. The lowest BCUT2D eigenvalue weighted by Crippen LogP contribution is -2.15. The molecule has 1 aromatic heterocycles. The average molecular weight is 271 g/mol. The van der Waals surface area contributed by atoms with Crippen molar-refractivity contribution in [3.8, 4) is 0 Å². The molecule has 0 atom stereocenters. The van der Waals surface area contributed by atoms with Gasteiger partial charge in [0.2, 0.25) is 0 Å². The zero-order valence-electron chi connectivity index (χ0n) is 9.67. The third kappa shape index (κ3) is 2.31. The Balaban J connectivity index is 2.51. The van der Waals surface area contributed by atoms with Gasteiger partial charge in [0.05, 0.1) is 18.2 Å². The fraction of sp³-hybridized carbons (Fsp3) is 0.167. The fourth-order valence-corrected chi connectivity index (χ4v) is 1.69. The van der Waals surface area contributed by atoms with Crippen LogP contribution in [0.4, 0.5) is 13.2 Å². The van der Waals surface area contributed by atoms with E-state index in [9.17, 15) is 22.8 Å². The van der Waals surface area contributed by atoms with Gasteiger partial charge in [-0.25, -0.2) is 4.79 Å². The van der Waals surface area contributed by atoms with Crippen molar-refractivity contribution >= 4 is 22.7 Å². The number of carbonyl (C=O) groups is 2. The zero-order valence-corrected chi connectivity index (χ0v) is 9.67. The summed E-state index contributed by atoms with van der Waals surface area (Å²) in [7, 11) is 1.05. The highest BCUT2D eigenvalue weighted by molar-refractivity contribution is 6.42. The summed E-state index contributed by atoms with van der Waals surface area (Å²) in [5, 5.41) is 0.239. The smallest absolute Gasteiger partial charge is 0.416 e. The molecule has 0 saturated heterocycles. The van der Waals surface area contributed by atoms with Gasteiger partial charge in [0.1, 0.15) is 0 Å². The predicted octanol–water partition coefficient (Wildman–Crippen LogP) is 2.54. The molecule has 100 valence electrons. The molecule has 1 N–H and O–H groups in total. The van der Waals surface area contributed by atoms with E-state index in [4.69, 9.17) is 0 Å². The van der Waals surface area contributed by atoms with Crippen LogP contribution in [0.5, 0.6) is 0 Å². The minimum atomic E-state index is -4.47. The molecule has 0 spiro atoms. The Morgan fingerprint density at radius 1 is 1.26 bits per heavy atom. The van der Waals surface area contributed by atoms with Crippen LogP contribution in [0.15, 0.2) is 24.4 Å². The average Bonchev–Trinajstić information content (AvgIpc) is 2.78. The van der Waals surface area contributed by atoms with Crippen LogP contribution in [-0.4, -0.2) is 23.8 Å². The van der Waals surface area contributed by atoms with Gasteiger partial charge in [-0.2, -0.15) is 13.2 Å². The van der Waals surface area contributed by atoms with Crippen LogP contribution in [0, 0.1) is 0 Å². The van der Waals surface area contributed by atoms with Crippen molar-refractivity contribution in [2.24, 2.45) is 0 Å². The number of benzene rings is 1. The van der Waals surface area contributed by atoms with Gasteiger partial charge in [-0.05, 0) is 12.1 Å². The molecule has 0 radical (unpaired) electrons. The van der Waals surface area contributed by atoms with Gasteiger partial charge < -0.3 is 9.72 Å². The van der Waals surface area contributed by atoms with Crippen LogP contribution >= 0.6 is 0 Å². The molecular formula is C12H8F3NO3. The number of aromatic amines is 1. The topological polar surface area (TPSA) is 59.2 Å². The Morgan fingerprint density at radius 3 is 2.53 bits per heavy atom. The highest BCUT2D eigenvalue weighted by Gasteiger charge is 2.31. The van der Waals surface area contributed by atoms with Crippen LogP contribution in [-0.2, 0) is 15.7 Å². The fourth-order valence-electron chi connectivity index (χ4n) is 1.69. The second kappa shape index (κ2) is 4.42. The number of H-pyrrole nitrogens is 1. The summed E-state index contributed by atoms with van der Waals surface area (Å²) in [6, 6.07) is 2.87. The maximum atomic E-state index is 12.5. The number of hydrogen-bond acceptors (Lipinski definition) is 3. The van der Waals surface area contributed by atoms with E-state index < -0.39 is 23.5 Å². The number of ether oxygens (including phenoxy) is 1. The van der Waals surface area contributed by atoms with Crippen molar-refractivity contribution in [2.75, 3.05) is 7.11 Å². The number of esters is 1. The number of Topliss-reactive ketones (excluding diaryl/α,β-unsaturated/α-hetero) is 1. The Hall–Kier alpha value is -2.31. The second-order valence-corrected chi connectivity index (χ2v) is 3.78. The first-order chi connectivity index (χ1) is 8.84. The van der Waals surface area contributed by atoms with E-state index in [2.05, 4.69) is 9.72 Å². The van der Waals surface area contributed by atoms with E-state index in [0.717, 1.165) is 25.3 Å². The molecule has 2 rings (SSSR count). The number of aromatic nitrogens is 1. The van der Waals surface area contributed by atoms with Gasteiger partial charge in [-0.1, -0.05) is 6.07 Å². The third-order valence-corrected chi connectivity index (χ3v) is 2.62. The quantitative estimate of drug-likeness (QED) is 0.518. The first-order valence-corrected chi connectivity index (χ1v) is 5.15. The molecule has 0 aliphatic rings. The molecule has 0 aliphatic heterocycles. The number of ketones is 1.